The van der Waals surface area contributed by atoms with E-state index >= 15 is 0 Å². The lowest BCUT2D eigenvalue weighted by molar-refractivity contribution is -0.301. The van der Waals surface area contributed by atoms with Gasteiger partial charge in [0.15, 0.2) is 6.29 Å². The van der Waals surface area contributed by atoms with E-state index in [2.05, 4.69) is 109 Å². The van der Waals surface area contributed by atoms with Crippen molar-refractivity contribution in [3.8, 4) is 0 Å². The van der Waals surface area contributed by atoms with Gasteiger partial charge in [-0.15, -0.1) is 0 Å². The lowest BCUT2D eigenvalue weighted by Gasteiger charge is -2.41. The normalized spacial score (nSPS) is 20.5. The molecule has 6 unspecified atom stereocenters. The molecule has 1 saturated heterocycles. The van der Waals surface area contributed by atoms with Gasteiger partial charge >= 0.3 is 16.4 Å². The van der Waals surface area contributed by atoms with Crippen LogP contribution in [0, 0.1) is 0 Å². The minimum absolute atomic E-state index is 0.00229. The Balaban J connectivity index is 2.40. The summed E-state index contributed by atoms with van der Waals surface area (Å²) in [4.78, 5) is 12.8. The molecule has 0 saturated carbocycles. The lowest BCUT2D eigenvalue weighted by Crippen LogP contribution is -2.60. The van der Waals surface area contributed by atoms with E-state index in [1.165, 1.54) is 51.4 Å². The maximum absolute atomic E-state index is 12.8. The summed E-state index contributed by atoms with van der Waals surface area (Å²) >= 11 is 0. The summed E-state index contributed by atoms with van der Waals surface area (Å²) in [6, 6.07) is 0. The average Bonchev–Trinajstić information content (AvgIpc) is 3.29. The second-order valence-corrected chi connectivity index (χ2v) is 17.4. The fourth-order valence-electron chi connectivity index (χ4n) is 6.80. The van der Waals surface area contributed by atoms with E-state index in [9.17, 15) is 33.1 Å². The minimum Gasteiger partial charge on any atom is -0.457 e. The number of esters is 1. The number of carbonyl (C=O) groups is 1. The van der Waals surface area contributed by atoms with Crippen LogP contribution in [0.2, 0.25) is 0 Å². The molecule has 12 nitrogen and oxygen atoms in total. The molecule has 13 heteroatoms. The van der Waals surface area contributed by atoms with Gasteiger partial charge < -0.3 is 34.3 Å². The van der Waals surface area contributed by atoms with Gasteiger partial charge in [-0.1, -0.05) is 181 Å². The van der Waals surface area contributed by atoms with E-state index in [0.717, 1.165) is 77.0 Å². The molecular formula is C53H86O12S. The lowest BCUT2D eigenvalue weighted by atomic mass is 9.99. The molecule has 0 bridgehead atoms. The molecule has 0 radical (unpaired) electrons. The zero-order valence-electron chi connectivity index (χ0n) is 40.2. The first-order chi connectivity index (χ1) is 32.1. The van der Waals surface area contributed by atoms with Crippen molar-refractivity contribution in [2.75, 3.05) is 26.4 Å². The summed E-state index contributed by atoms with van der Waals surface area (Å²) in [6.45, 7) is 3.61. The van der Waals surface area contributed by atoms with Crippen LogP contribution in [-0.2, 0) is 38.3 Å². The predicted molar refractivity (Wildman–Crippen MR) is 266 cm³/mol. The smallest absolute Gasteiger partial charge is 0.397 e. The summed E-state index contributed by atoms with van der Waals surface area (Å²) < 4.78 is 59.0. The highest BCUT2D eigenvalue weighted by atomic mass is 32.3. The zero-order chi connectivity index (χ0) is 48.2. The molecular weight excluding hydrogens is 861 g/mol. The van der Waals surface area contributed by atoms with E-state index in [1.54, 1.807) is 6.08 Å². The molecule has 1 heterocycles. The standard InChI is InChI=1S/C53H86O12S/c1-3-5-7-9-11-13-15-17-19-20-21-22-23-24-25-26-27-29-31-33-35-37-39-41-43-61-45-47(46-62-53-51(57)52(65-66(58,59)60)50(56)48(44-54)64-53)63-49(55)42-40-38-36-34-32-30-28-18-16-14-12-10-8-6-4-2/h5-8,11-14,17-19,21-22,28,32,34,38,40,47-48,50-54,56-57H,3-4,9-10,15-16,20,23-27,29-31,33,35-37,39,41-46H2,1-2H3,(H,58,59,60)/b7-5-,8-6-,13-11-,14-12-,19-17-,22-21-,28-18-,34-32-,40-38-. The molecule has 1 aliphatic rings. The van der Waals surface area contributed by atoms with Crippen molar-refractivity contribution in [1.82, 2.24) is 0 Å². The molecule has 1 aliphatic heterocycles. The van der Waals surface area contributed by atoms with Gasteiger partial charge in [-0.05, 0) is 77.0 Å². The molecule has 0 aromatic heterocycles. The third-order valence-electron chi connectivity index (χ3n) is 10.4. The maximum Gasteiger partial charge on any atom is 0.397 e. The molecule has 0 amide bonds. The van der Waals surface area contributed by atoms with Gasteiger partial charge in [-0.2, -0.15) is 8.42 Å². The van der Waals surface area contributed by atoms with E-state index in [0.29, 0.717) is 13.0 Å². The predicted octanol–water partition coefficient (Wildman–Crippen LogP) is 11.2. The van der Waals surface area contributed by atoms with Crippen LogP contribution in [0.4, 0.5) is 0 Å². The van der Waals surface area contributed by atoms with Crippen LogP contribution in [0.5, 0.6) is 0 Å². The number of ether oxygens (including phenoxy) is 4. The Morgan fingerprint density at radius 3 is 1.45 bits per heavy atom. The van der Waals surface area contributed by atoms with Crippen LogP contribution in [0.3, 0.4) is 0 Å². The largest absolute Gasteiger partial charge is 0.457 e. The summed E-state index contributed by atoms with van der Waals surface area (Å²) in [6.07, 6.45) is 51.5. The van der Waals surface area contributed by atoms with Gasteiger partial charge in [0.2, 0.25) is 0 Å². The number of carbonyl (C=O) groups excluding carboxylic acids is 1. The summed E-state index contributed by atoms with van der Waals surface area (Å²) in [5.41, 5.74) is 0. The topological polar surface area (TPSA) is 178 Å². The Labute approximate surface area is 398 Å². The first-order valence-corrected chi connectivity index (χ1v) is 26.0. The monoisotopic (exact) mass is 947 g/mol. The van der Waals surface area contributed by atoms with Crippen molar-refractivity contribution >= 4 is 16.4 Å². The van der Waals surface area contributed by atoms with Crippen LogP contribution in [0.25, 0.3) is 0 Å². The number of aliphatic hydroxyl groups is 3. The summed E-state index contributed by atoms with van der Waals surface area (Å²) in [5, 5.41) is 30.7. The number of aliphatic hydroxyl groups excluding tert-OH is 3. The van der Waals surface area contributed by atoms with Crippen LogP contribution in [0.1, 0.15) is 155 Å². The second kappa shape index (κ2) is 43.1. The highest BCUT2D eigenvalue weighted by Gasteiger charge is 2.48. The van der Waals surface area contributed by atoms with Crippen molar-refractivity contribution in [3.63, 3.8) is 0 Å². The van der Waals surface area contributed by atoms with Crippen molar-refractivity contribution in [3.05, 3.63) is 109 Å². The Bertz CT molecular complexity index is 1560. The highest BCUT2D eigenvalue weighted by Crippen LogP contribution is 2.26. The zero-order valence-corrected chi connectivity index (χ0v) is 41.0. The Kier molecular flexibility index (Phi) is 39.7. The Hall–Kier alpha value is -3.24. The Morgan fingerprint density at radius 2 is 1.00 bits per heavy atom. The molecule has 376 valence electrons. The molecule has 6 atom stereocenters. The first kappa shape index (κ1) is 60.8. The van der Waals surface area contributed by atoms with Crippen LogP contribution < -0.4 is 0 Å². The van der Waals surface area contributed by atoms with Gasteiger partial charge in [-0.25, -0.2) is 4.18 Å². The third kappa shape index (κ3) is 35.9. The van der Waals surface area contributed by atoms with Gasteiger partial charge in [0.1, 0.15) is 30.5 Å². The quantitative estimate of drug-likeness (QED) is 0.0198. The van der Waals surface area contributed by atoms with Gasteiger partial charge in [-0.3, -0.25) is 9.35 Å². The van der Waals surface area contributed by atoms with E-state index in [4.69, 9.17) is 18.9 Å². The minimum atomic E-state index is -5.08. The second-order valence-electron chi connectivity index (χ2n) is 16.3. The van der Waals surface area contributed by atoms with Gasteiger partial charge in [0.25, 0.3) is 0 Å². The maximum atomic E-state index is 12.8. The number of unbranched alkanes of at least 4 members (excludes halogenated alkanes) is 11. The molecule has 1 rings (SSSR count). The molecule has 0 spiro atoms. The van der Waals surface area contributed by atoms with Crippen LogP contribution in [-0.4, -0.2) is 97.5 Å². The first-order valence-electron chi connectivity index (χ1n) is 24.6. The van der Waals surface area contributed by atoms with E-state index in [1.807, 2.05) is 12.2 Å². The highest BCUT2D eigenvalue weighted by molar-refractivity contribution is 7.80. The average molecular weight is 947 g/mol. The fourth-order valence-corrected chi connectivity index (χ4v) is 7.31. The molecule has 4 N–H and O–H groups in total. The van der Waals surface area contributed by atoms with E-state index < -0.39 is 59.8 Å². The van der Waals surface area contributed by atoms with Crippen molar-refractivity contribution in [1.29, 1.82) is 0 Å². The third-order valence-corrected chi connectivity index (χ3v) is 10.9. The molecule has 0 aromatic rings. The Morgan fingerprint density at radius 1 is 0.576 bits per heavy atom. The fraction of sp³-hybridized carbons (Fsp3) is 0.642. The van der Waals surface area contributed by atoms with Gasteiger partial charge in [0, 0.05) is 6.61 Å². The summed E-state index contributed by atoms with van der Waals surface area (Å²) in [7, 11) is -5.08. The number of rotatable bonds is 41. The van der Waals surface area contributed by atoms with Crippen LogP contribution >= 0.6 is 0 Å². The number of allylic oxidation sites excluding steroid dienone is 17. The SMILES string of the molecule is CC/C=C\C/C=C\C/C=C\C/C=C\C/C=C\CC(=O)OC(COCCCCCCCCCCCCC/C=C\C/C=C\C/C=C\C/C=C\CC)COC1OC(CO)C(O)C(OS(=O)(=O)O)C1O. The van der Waals surface area contributed by atoms with Crippen LogP contribution in [0.15, 0.2) is 109 Å². The van der Waals surface area contributed by atoms with Crippen molar-refractivity contribution in [2.45, 2.75) is 192 Å². The molecule has 1 fully saturated rings. The number of hydrogen-bond donors (Lipinski definition) is 4. The molecule has 66 heavy (non-hydrogen) atoms. The van der Waals surface area contributed by atoms with Crippen molar-refractivity contribution < 1.29 is 56.2 Å². The van der Waals surface area contributed by atoms with Gasteiger partial charge in [0.05, 0.1) is 26.2 Å². The molecule has 0 aliphatic carbocycles. The summed E-state index contributed by atoms with van der Waals surface area (Å²) in [5.74, 6) is -0.531. The molecule has 0 aromatic carbocycles. The number of hydrogen-bond acceptors (Lipinski definition) is 11. The van der Waals surface area contributed by atoms with E-state index in [-0.39, 0.29) is 19.6 Å². The van der Waals surface area contributed by atoms with Crippen molar-refractivity contribution in [2.24, 2.45) is 0 Å².